The normalized spacial score (nSPS) is 10.7. The number of hydrogen-bond donors (Lipinski definition) is 1. The van der Waals surface area contributed by atoms with Gasteiger partial charge in [0.15, 0.2) is 0 Å². The van der Waals surface area contributed by atoms with Crippen molar-refractivity contribution in [2.45, 2.75) is 13.3 Å². The predicted molar refractivity (Wildman–Crippen MR) is 68.8 cm³/mol. The topological polar surface area (TPSA) is 43.8 Å². The van der Waals surface area contributed by atoms with E-state index in [1.54, 1.807) is 0 Å². The van der Waals surface area contributed by atoms with Crippen molar-refractivity contribution in [2.24, 2.45) is 5.73 Å². The first-order valence-corrected chi connectivity index (χ1v) is 6.00. The van der Waals surface area contributed by atoms with Crippen LogP contribution in [-0.4, -0.2) is 16.3 Å². The molecule has 84 valence electrons. The molecule has 4 heteroatoms. The summed E-state index contributed by atoms with van der Waals surface area (Å²) in [6.45, 7) is 2.68. The highest BCUT2D eigenvalue weighted by Gasteiger charge is 2.05. The molecular weight excluding hydrogens is 266 g/mol. The van der Waals surface area contributed by atoms with Gasteiger partial charge in [0.1, 0.15) is 0 Å². The summed E-state index contributed by atoms with van der Waals surface area (Å²) in [6.07, 6.45) is 4.73. The van der Waals surface area contributed by atoms with Crippen LogP contribution in [-0.2, 0) is 6.42 Å². The first-order chi connectivity index (χ1) is 7.70. The van der Waals surface area contributed by atoms with Gasteiger partial charge >= 0.3 is 0 Å². The summed E-state index contributed by atoms with van der Waals surface area (Å²) in [5.41, 5.74) is 9.08. The Morgan fingerprint density at radius 2 is 2.25 bits per heavy atom. The number of aryl methyl sites for hydroxylation is 1. The van der Waals surface area contributed by atoms with Crippen LogP contribution in [0, 0.1) is 6.92 Å². The fourth-order valence-corrected chi connectivity index (χ4v) is 2.09. The van der Waals surface area contributed by atoms with Crippen molar-refractivity contribution in [1.29, 1.82) is 0 Å². The van der Waals surface area contributed by atoms with Gasteiger partial charge in [0.2, 0.25) is 0 Å². The van der Waals surface area contributed by atoms with Crippen LogP contribution in [0.25, 0.3) is 5.69 Å². The molecule has 2 N–H and O–H groups in total. The molecule has 0 fully saturated rings. The third kappa shape index (κ3) is 2.33. The van der Waals surface area contributed by atoms with Gasteiger partial charge < -0.3 is 5.73 Å². The molecule has 1 aromatic heterocycles. The Balaban J connectivity index is 2.47. The average molecular weight is 280 g/mol. The summed E-state index contributed by atoms with van der Waals surface area (Å²) in [7, 11) is 0. The highest BCUT2D eigenvalue weighted by Crippen LogP contribution is 2.20. The minimum atomic E-state index is 0.643. The van der Waals surface area contributed by atoms with Gasteiger partial charge in [0.05, 0.1) is 11.9 Å². The molecule has 0 unspecified atom stereocenters. The van der Waals surface area contributed by atoms with Gasteiger partial charge in [-0.05, 0) is 49.2 Å². The molecule has 2 rings (SSSR count). The highest BCUT2D eigenvalue weighted by molar-refractivity contribution is 9.10. The van der Waals surface area contributed by atoms with E-state index in [9.17, 15) is 0 Å². The summed E-state index contributed by atoms with van der Waals surface area (Å²) in [4.78, 5) is 0. The zero-order chi connectivity index (χ0) is 11.5. The lowest BCUT2D eigenvalue weighted by Gasteiger charge is -2.09. The molecule has 1 heterocycles. The van der Waals surface area contributed by atoms with Crippen molar-refractivity contribution in [2.75, 3.05) is 6.54 Å². The summed E-state index contributed by atoms with van der Waals surface area (Å²) < 4.78 is 2.97. The van der Waals surface area contributed by atoms with E-state index in [0.717, 1.165) is 22.1 Å². The molecule has 0 saturated heterocycles. The van der Waals surface area contributed by atoms with Gasteiger partial charge in [0, 0.05) is 10.7 Å². The summed E-state index contributed by atoms with van der Waals surface area (Å²) in [6, 6.07) is 6.17. The number of nitrogens with zero attached hydrogens (tertiary/aromatic N) is 2. The second-order valence-corrected chi connectivity index (χ2v) is 4.69. The zero-order valence-corrected chi connectivity index (χ0v) is 10.7. The maximum atomic E-state index is 5.62. The van der Waals surface area contributed by atoms with E-state index < -0.39 is 0 Å². The van der Waals surface area contributed by atoms with Crippen molar-refractivity contribution in [3.05, 3.63) is 46.2 Å². The molecule has 0 radical (unpaired) electrons. The average Bonchev–Trinajstić information content (AvgIpc) is 2.65. The maximum Gasteiger partial charge on any atom is 0.0678 e. The monoisotopic (exact) mass is 279 g/mol. The van der Waals surface area contributed by atoms with E-state index in [1.165, 1.54) is 5.56 Å². The molecule has 0 aliphatic carbocycles. The van der Waals surface area contributed by atoms with E-state index in [2.05, 4.69) is 33.2 Å². The van der Waals surface area contributed by atoms with Crippen molar-refractivity contribution in [1.82, 2.24) is 9.78 Å². The van der Waals surface area contributed by atoms with Crippen LogP contribution in [0.4, 0.5) is 0 Å². The number of aromatic nitrogens is 2. The van der Waals surface area contributed by atoms with E-state index >= 15 is 0 Å². The lowest BCUT2D eigenvalue weighted by molar-refractivity contribution is 0.850. The lowest BCUT2D eigenvalue weighted by Crippen LogP contribution is -2.07. The smallest absolute Gasteiger partial charge is 0.0678 e. The van der Waals surface area contributed by atoms with Crippen molar-refractivity contribution in [3.63, 3.8) is 0 Å². The zero-order valence-electron chi connectivity index (χ0n) is 9.15. The number of halogens is 1. The molecule has 2 aromatic rings. The third-order valence-corrected chi connectivity index (χ3v) is 2.91. The van der Waals surface area contributed by atoms with Crippen molar-refractivity contribution >= 4 is 15.9 Å². The Hall–Kier alpha value is -1.13. The van der Waals surface area contributed by atoms with Gasteiger partial charge in [-0.3, -0.25) is 0 Å². The molecule has 0 aliphatic rings. The van der Waals surface area contributed by atoms with E-state index in [4.69, 9.17) is 5.73 Å². The van der Waals surface area contributed by atoms with Crippen LogP contribution >= 0.6 is 15.9 Å². The fraction of sp³-hybridized carbons (Fsp3) is 0.250. The first-order valence-electron chi connectivity index (χ1n) is 5.21. The molecular formula is C12H14BrN3. The molecule has 1 aromatic carbocycles. The van der Waals surface area contributed by atoms with Crippen LogP contribution in [0.3, 0.4) is 0 Å². The molecule has 0 amide bonds. The fourth-order valence-electron chi connectivity index (χ4n) is 1.68. The summed E-state index contributed by atoms with van der Waals surface area (Å²) in [5.74, 6) is 0. The van der Waals surface area contributed by atoms with Gasteiger partial charge in [0.25, 0.3) is 0 Å². The number of rotatable bonds is 3. The second-order valence-electron chi connectivity index (χ2n) is 3.77. The number of benzene rings is 1. The minimum absolute atomic E-state index is 0.643. The van der Waals surface area contributed by atoms with Crippen molar-refractivity contribution in [3.8, 4) is 5.69 Å². The molecule has 3 nitrogen and oxygen atoms in total. The molecule has 16 heavy (non-hydrogen) atoms. The minimum Gasteiger partial charge on any atom is -0.330 e. The molecule has 0 atom stereocenters. The Morgan fingerprint density at radius 1 is 1.44 bits per heavy atom. The molecule has 0 bridgehead atoms. The van der Waals surface area contributed by atoms with Crippen LogP contribution in [0.2, 0.25) is 0 Å². The molecule has 0 aliphatic heterocycles. The standard InChI is InChI=1S/C12H14BrN3/c1-9-7-15-16(8-9)12-3-2-11(13)6-10(12)4-5-14/h2-3,6-8H,4-5,14H2,1H3. The van der Waals surface area contributed by atoms with E-state index in [0.29, 0.717) is 6.54 Å². The van der Waals surface area contributed by atoms with E-state index in [1.807, 2.05) is 30.1 Å². The SMILES string of the molecule is Cc1cnn(-c2ccc(Br)cc2CCN)c1. The van der Waals surface area contributed by atoms with Crippen LogP contribution in [0.5, 0.6) is 0 Å². The Kier molecular flexibility index (Phi) is 3.41. The number of nitrogens with two attached hydrogens (primary N) is 1. The highest BCUT2D eigenvalue weighted by atomic mass is 79.9. The first kappa shape index (κ1) is 11.4. The van der Waals surface area contributed by atoms with Gasteiger partial charge in [-0.15, -0.1) is 0 Å². The Morgan fingerprint density at radius 3 is 2.88 bits per heavy atom. The lowest BCUT2D eigenvalue weighted by atomic mass is 10.1. The van der Waals surface area contributed by atoms with E-state index in [-0.39, 0.29) is 0 Å². The Labute approximate surface area is 103 Å². The quantitative estimate of drug-likeness (QED) is 0.938. The molecule has 0 saturated carbocycles. The van der Waals surface area contributed by atoms with Crippen LogP contribution in [0.1, 0.15) is 11.1 Å². The van der Waals surface area contributed by atoms with Crippen LogP contribution in [0.15, 0.2) is 35.1 Å². The predicted octanol–water partition coefficient (Wildman–Crippen LogP) is 2.44. The van der Waals surface area contributed by atoms with Crippen molar-refractivity contribution < 1.29 is 0 Å². The van der Waals surface area contributed by atoms with Crippen LogP contribution < -0.4 is 5.73 Å². The van der Waals surface area contributed by atoms with Gasteiger partial charge in [-0.1, -0.05) is 15.9 Å². The largest absolute Gasteiger partial charge is 0.330 e. The Bertz CT molecular complexity index is 491. The maximum absolute atomic E-state index is 5.62. The van der Waals surface area contributed by atoms with Gasteiger partial charge in [-0.25, -0.2) is 4.68 Å². The summed E-state index contributed by atoms with van der Waals surface area (Å²) >= 11 is 3.47. The third-order valence-electron chi connectivity index (χ3n) is 2.41. The number of hydrogen-bond acceptors (Lipinski definition) is 2. The summed E-state index contributed by atoms with van der Waals surface area (Å²) in [5, 5.41) is 4.32. The van der Waals surface area contributed by atoms with Gasteiger partial charge in [-0.2, -0.15) is 5.10 Å². The second kappa shape index (κ2) is 4.80. The molecule has 0 spiro atoms.